The van der Waals surface area contributed by atoms with E-state index in [4.69, 9.17) is 37.0 Å². The summed E-state index contributed by atoms with van der Waals surface area (Å²) in [7, 11) is -9.91. The summed E-state index contributed by atoms with van der Waals surface area (Å²) in [5, 5.41) is 10.6. The van der Waals surface area contributed by atoms with Crippen LogP contribution in [0.2, 0.25) is 0 Å². The predicted octanol–water partition coefficient (Wildman–Crippen LogP) is 22.2. The van der Waals surface area contributed by atoms with Gasteiger partial charge >= 0.3 is 39.5 Å². The van der Waals surface area contributed by atoms with Gasteiger partial charge in [0, 0.05) is 25.7 Å². The second-order valence-electron chi connectivity index (χ2n) is 27.0. The molecule has 0 aromatic heterocycles. The number of aliphatic hydroxyl groups is 1. The monoisotopic (exact) mass is 1380 g/mol. The fraction of sp³-hybridized carbons (Fsp3) is 0.947. The molecule has 17 nitrogen and oxygen atoms in total. The summed E-state index contributed by atoms with van der Waals surface area (Å²) in [5.41, 5.74) is 0. The number of phosphoric acid groups is 2. The lowest BCUT2D eigenvalue weighted by molar-refractivity contribution is -0.161. The lowest BCUT2D eigenvalue weighted by atomic mass is 10.0. The van der Waals surface area contributed by atoms with Crippen LogP contribution >= 0.6 is 15.6 Å². The molecule has 19 heteroatoms. The van der Waals surface area contributed by atoms with Crippen LogP contribution in [0.5, 0.6) is 0 Å². The molecule has 94 heavy (non-hydrogen) atoms. The first kappa shape index (κ1) is 92.1. The summed E-state index contributed by atoms with van der Waals surface area (Å²) in [6, 6.07) is 0. The normalized spacial score (nSPS) is 13.9. The number of rotatable bonds is 76. The Hall–Kier alpha value is -1.94. The van der Waals surface area contributed by atoms with Gasteiger partial charge in [-0.1, -0.05) is 349 Å². The van der Waals surface area contributed by atoms with Crippen molar-refractivity contribution in [1.29, 1.82) is 0 Å². The largest absolute Gasteiger partial charge is 0.472 e. The van der Waals surface area contributed by atoms with Crippen LogP contribution < -0.4 is 0 Å². The van der Waals surface area contributed by atoms with Gasteiger partial charge in [-0.15, -0.1) is 0 Å². The number of hydrogen-bond donors (Lipinski definition) is 3. The quantitative estimate of drug-likeness (QED) is 0.0222. The zero-order valence-corrected chi connectivity index (χ0v) is 62.7. The molecule has 0 saturated heterocycles. The third-order valence-electron chi connectivity index (χ3n) is 17.6. The Bertz CT molecular complexity index is 1790. The first-order valence-electron chi connectivity index (χ1n) is 39.3. The Balaban J connectivity index is 5.25. The molecule has 0 saturated carbocycles. The molecule has 0 rings (SSSR count). The van der Waals surface area contributed by atoms with Gasteiger partial charge in [-0.25, -0.2) is 9.13 Å². The van der Waals surface area contributed by atoms with E-state index < -0.39 is 97.5 Å². The van der Waals surface area contributed by atoms with Crippen LogP contribution in [0.4, 0.5) is 0 Å². The summed E-state index contributed by atoms with van der Waals surface area (Å²) >= 11 is 0. The Morgan fingerprint density at radius 3 is 0.628 bits per heavy atom. The molecule has 0 bridgehead atoms. The second-order valence-corrected chi connectivity index (χ2v) is 29.9. The van der Waals surface area contributed by atoms with Crippen molar-refractivity contribution in [3.63, 3.8) is 0 Å². The van der Waals surface area contributed by atoms with Gasteiger partial charge in [0.25, 0.3) is 0 Å². The first-order chi connectivity index (χ1) is 45.7. The Labute approximate surface area is 575 Å². The number of carbonyl (C=O) groups excluding carboxylic acids is 4. The van der Waals surface area contributed by atoms with E-state index in [1.807, 2.05) is 0 Å². The summed E-state index contributed by atoms with van der Waals surface area (Å²) in [6.07, 6.45) is 59.4. The van der Waals surface area contributed by atoms with Crippen molar-refractivity contribution < 1.29 is 80.2 Å². The van der Waals surface area contributed by atoms with Crippen molar-refractivity contribution in [2.45, 2.75) is 418 Å². The van der Waals surface area contributed by atoms with Gasteiger partial charge in [0.05, 0.1) is 26.4 Å². The molecule has 3 N–H and O–H groups in total. The first-order valence-corrected chi connectivity index (χ1v) is 42.3. The molecule has 0 aliphatic carbocycles. The maximum Gasteiger partial charge on any atom is 0.472 e. The van der Waals surface area contributed by atoms with Crippen LogP contribution in [0.3, 0.4) is 0 Å². The molecule has 0 amide bonds. The Morgan fingerprint density at radius 1 is 0.255 bits per heavy atom. The highest BCUT2D eigenvalue weighted by molar-refractivity contribution is 7.47. The van der Waals surface area contributed by atoms with Crippen molar-refractivity contribution in [3.05, 3.63) is 0 Å². The number of unbranched alkanes of at least 4 members (excludes halogenated alkanes) is 50. The highest BCUT2D eigenvalue weighted by Gasteiger charge is 2.30. The maximum atomic E-state index is 13.1. The van der Waals surface area contributed by atoms with Gasteiger partial charge in [-0.3, -0.25) is 37.3 Å². The zero-order valence-electron chi connectivity index (χ0n) is 60.9. The molecule has 0 aliphatic heterocycles. The molecule has 5 atom stereocenters. The third-order valence-corrected chi connectivity index (χ3v) is 19.5. The fourth-order valence-electron chi connectivity index (χ4n) is 11.6. The van der Waals surface area contributed by atoms with Crippen LogP contribution in [0, 0.1) is 0 Å². The van der Waals surface area contributed by atoms with Gasteiger partial charge < -0.3 is 33.8 Å². The molecule has 0 aliphatic rings. The van der Waals surface area contributed by atoms with Crippen LogP contribution in [-0.2, 0) is 65.4 Å². The minimum atomic E-state index is -4.95. The predicted molar refractivity (Wildman–Crippen MR) is 382 cm³/mol. The number of aliphatic hydroxyl groups excluding tert-OH is 1. The van der Waals surface area contributed by atoms with Crippen molar-refractivity contribution in [2.75, 3.05) is 39.6 Å². The van der Waals surface area contributed by atoms with E-state index in [1.165, 1.54) is 231 Å². The van der Waals surface area contributed by atoms with Gasteiger partial charge in [0.1, 0.15) is 19.3 Å². The van der Waals surface area contributed by atoms with Gasteiger partial charge in [0.15, 0.2) is 12.2 Å². The van der Waals surface area contributed by atoms with E-state index in [0.717, 1.165) is 89.9 Å². The average Bonchev–Trinajstić information content (AvgIpc) is 1.32. The number of esters is 4. The number of hydrogen-bond acceptors (Lipinski definition) is 15. The van der Waals surface area contributed by atoms with Gasteiger partial charge in [-0.2, -0.15) is 0 Å². The van der Waals surface area contributed by atoms with E-state index >= 15 is 0 Å². The highest BCUT2D eigenvalue weighted by Crippen LogP contribution is 2.45. The molecule has 0 aromatic carbocycles. The smallest absolute Gasteiger partial charge is 0.462 e. The van der Waals surface area contributed by atoms with E-state index in [1.54, 1.807) is 0 Å². The molecule has 0 heterocycles. The van der Waals surface area contributed by atoms with Crippen LogP contribution in [0.25, 0.3) is 0 Å². The van der Waals surface area contributed by atoms with E-state index in [0.29, 0.717) is 25.7 Å². The summed E-state index contributed by atoms with van der Waals surface area (Å²) in [6.45, 7) is 4.99. The maximum absolute atomic E-state index is 13.1. The fourth-order valence-corrected chi connectivity index (χ4v) is 13.2. The second kappa shape index (κ2) is 69.5. The topological polar surface area (TPSA) is 237 Å². The van der Waals surface area contributed by atoms with E-state index in [2.05, 4.69) is 27.7 Å². The summed E-state index contributed by atoms with van der Waals surface area (Å²) < 4.78 is 68.5. The van der Waals surface area contributed by atoms with Crippen LogP contribution in [0.15, 0.2) is 0 Å². The van der Waals surface area contributed by atoms with Crippen molar-refractivity contribution in [3.8, 4) is 0 Å². The molecule has 558 valence electrons. The number of carbonyl (C=O) groups is 4. The van der Waals surface area contributed by atoms with Crippen molar-refractivity contribution in [1.82, 2.24) is 0 Å². The average molecular weight is 1380 g/mol. The number of ether oxygens (including phenoxy) is 4. The Morgan fingerprint density at radius 2 is 0.426 bits per heavy atom. The molecular weight excluding hydrogens is 1230 g/mol. The number of phosphoric ester groups is 2. The van der Waals surface area contributed by atoms with Crippen LogP contribution in [-0.4, -0.2) is 96.7 Å². The lowest BCUT2D eigenvalue weighted by Gasteiger charge is -2.21. The molecule has 0 aromatic rings. The highest BCUT2D eigenvalue weighted by atomic mass is 31.2. The minimum absolute atomic E-state index is 0.108. The van der Waals surface area contributed by atoms with Crippen LogP contribution in [0.1, 0.15) is 400 Å². The van der Waals surface area contributed by atoms with Crippen molar-refractivity contribution in [2.24, 2.45) is 0 Å². The minimum Gasteiger partial charge on any atom is -0.462 e. The molecule has 3 unspecified atom stereocenters. The molecular formula is C75H146O17P2. The lowest BCUT2D eigenvalue weighted by Crippen LogP contribution is -2.30. The summed E-state index contributed by atoms with van der Waals surface area (Å²) in [4.78, 5) is 72.8. The molecule has 0 radical (unpaired) electrons. The third kappa shape index (κ3) is 68.6. The van der Waals surface area contributed by atoms with Crippen molar-refractivity contribution >= 4 is 39.5 Å². The molecule has 0 spiro atoms. The Kier molecular flexibility index (Phi) is 68.1. The standard InChI is InChI=1S/C75H146O17P2/c1-5-9-13-17-21-25-29-33-35-37-41-44-48-52-56-60-73(78)86-66-71(92-75(80)62-58-54-50-46-42-38-36-34-30-26-22-18-14-10-6-2)68-90-94(83,84)88-64-69(76)63-87-93(81,82)89-67-70(91-74(79)61-57-53-49-45-40-32-28-24-20-16-12-8-4)65-85-72(77)59-55-51-47-43-39-31-27-23-19-15-11-7-3/h69-71,76H,5-68H2,1-4H3,(H,81,82)(H,83,84)/t69?,70-,71-/m1/s1. The molecule has 0 fully saturated rings. The van der Waals surface area contributed by atoms with E-state index in [9.17, 15) is 43.2 Å². The SMILES string of the molecule is CCCCCCCCCCCCCCCCCC(=O)OC[C@H](COP(=O)(O)OCC(O)COP(=O)(O)OC[C@@H](COC(=O)CCCCCCCCCCCCCC)OC(=O)CCCCCCCCCCCCCC)OC(=O)CCCCCCCCCCCCCCCCC. The summed E-state index contributed by atoms with van der Waals surface area (Å²) in [5.74, 6) is -2.11. The van der Waals surface area contributed by atoms with E-state index in [-0.39, 0.29) is 25.7 Å². The van der Waals surface area contributed by atoms with Gasteiger partial charge in [-0.05, 0) is 25.7 Å². The van der Waals surface area contributed by atoms with Gasteiger partial charge in [0.2, 0.25) is 0 Å². The zero-order chi connectivity index (χ0) is 69.0.